The summed E-state index contributed by atoms with van der Waals surface area (Å²) in [5, 5.41) is 4.94. The highest BCUT2D eigenvalue weighted by Crippen LogP contribution is 2.44. The summed E-state index contributed by atoms with van der Waals surface area (Å²) in [6.45, 7) is 3.48. The first-order chi connectivity index (χ1) is 16.2. The Kier molecular flexibility index (Phi) is 6.13. The summed E-state index contributed by atoms with van der Waals surface area (Å²) >= 11 is 3.55. The molecule has 1 atom stereocenters. The SMILES string of the molecule is CCCn1nc(-c2ccccc2)c2c1C(=O)N(CCCc1ncc[nH]1)C2c1ccc(Br)cc1. The largest absolute Gasteiger partial charge is 0.349 e. The molecule has 6 nitrogen and oxygen atoms in total. The molecule has 0 saturated heterocycles. The second kappa shape index (κ2) is 9.35. The van der Waals surface area contributed by atoms with Crippen molar-refractivity contribution in [3.05, 3.63) is 94.1 Å². The molecular formula is C26H26BrN5O. The number of rotatable bonds is 8. The Bertz CT molecular complexity index is 1230. The summed E-state index contributed by atoms with van der Waals surface area (Å²) in [6, 6.07) is 18.3. The second-order valence-corrected chi connectivity index (χ2v) is 9.21. The molecule has 1 amide bonds. The minimum absolute atomic E-state index is 0.0560. The number of nitrogens with one attached hydrogen (secondary N) is 1. The van der Waals surface area contributed by atoms with Crippen LogP contribution in [0.25, 0.3) is 11.3 Å². The van der Waals surface area contributed by atoms with E-state index in [1.165, 1.54) is 0 Å². The van der Waals surface area contributed by atoms with E-state index >= 15 is 0 Å². The van der Waals surface area contributed by atoms with Crippen LogP contribution in [-0.4, -0.2) is 37.1 Å². The van der Waals surface area contributed by atoms with E-state index in [0.717, 1.165) is 57.6 Å². The monoisotopic (exact) mass is 503 g/mol. The summed E-state index contributed by atoms with van der Waals surface area (Å²) in [6.07, 6.45) is 6.15. The van der Waals surface area contributed by atoms with E-state index in [0.29, 0.717) is 13.1 Å². The van der Waals surface area contributed by atoms with Gasteiger partial charge in [-0.25, -0.2) is 4.98 Å². The summed E-state index contributed by atoms with van der Waals surface area (Å²) < 4.78 is 2.93. The number of hydrogen-bond donors (Lipinski definition) is 1. The van der Waals surface area contributed by atoms with E-state index in [-0.39, 0.29) is 11.9 Å². The van der Waals surface area contributed by atoms with Gasteiger partial charge in [0, 0.05) is 47.5 Å². The van der Waals surface area contributed by atoms with Crippen molar-refractivity contribution in [3.63, 3.8) is 0 Å². The molecule has 4 aromatic rings. The van der Waals surface area contributed by atoms with Gasteiger partial charge < -0.3 is 9.88 Å². The van der Waals surface area contributed by atoms with E-state index in [2.05, 4.69) is 57.1 Å². The Morgan fingerprint density at radius 1 is 1.06 bits per heavy atom. The molecule has 0 aliphatic carbocycles. The first-order valence-corrected chi connectivity index (χ1v) is 12.2. The van der Waals surface area contributed by atoms with Crippen LogP contribution >= 0.6 is 15.9 Å². The number of carbonyl (C=O) groups is 1. The predicted octanol–water partition coefficient (Wildman–Crippen LogP) is 5.62. The lowest BCUT2D eigenvalue weighted by atomic mass is 9.96. The predicted molar refractivity (Wildman–Crippen MR) is 132 cm³/mol. The fraction of sp³-hybridized carbons (Fsp3) is 0.269. The van der Waals surface area contributed by atoms with Crippen molar-refractivity contribution >= 4 is 21.8 Å². The van der Waals surface area contributed by atoms with Crippen molar-refractivity contribution in [3.8, 4) is 11.3 Å². The molecular weight excluding hydrogens is 478 g/mol. The Hall–Kier alpha value is -3.19. The first kappa shape index (κ1) is 21.6. The van der Waals surface area contributed by atoms with Gasteiger partial charge in [-0.1, -0.05) is 65.3 Å². The normalized spacial score (nSPS) is 15.3. The molecule has 1 aliphatic rings. The summed E-state index contributed by atoms with van der Waals surface area (Å²) in [5.74, 6) is 1.00. The van der Waals surface area contributed by atoms with Crippen molar-refractivity contribution < 1.29 is 4.79 Å². The molecule has 1 N–H and O–H groups in total. The number of carbonyl (C=O) groups excluding carboxylic acids is 1. The number of aryl methyl sites for hydroxylation is 2. The smallest absolute Gasteiger partial charge is 0.273 e. The van der Waals surface area contributed by atoms with Crippen molar-refractivity contribution in [2.24, 2.45) is 0 Å². The van der Waals surface area contributed by atoms with Crippen molar-refractivity contribution in [1.29, 1.82) is 0 Å². The molecule has 0 saturated carbocycles. The highest BCUT2D eigenvalue weighted by atomic mass is 79.9. The van der Waals surface area contributed by atoms with Crippen LogP contribution in [-0.2, 0) is 13.0 Å². The van der Waals surface area contributed by atoms with Crippen LogP contribution in [0.1, 0.15) is 53.2 Å². The van der Waals surface area contributed by atoms with E-state index in [4.69, 9.17) is 5.10 Å². The Labute approximate surface area is 201 Å². The number of aromatic amines is 1. The van der Waals surface area contributed by atoms with Crippen LogP contribution in [0.2, 0.25) is 0 Å². The van der Waals surface area contributed by atoms with Gasteiger partial charge in [0.2, 0.25) is 0 Å². The average Bonchev–Trinajstić information content (AvgIpc) is 3.54. The summed E-state index contributed by atoms with van der Waals surface area (Å²) in [7, 11) is 0. The lowest BCUT2D eigenvalue weighted by molar-refractivity contribution is 0.0736. The maximum atomic E-state index is 13.8. The Morgan fingerprint density at radius 3 is 2.55 bits per heavy atom. The van der Waals surface area contributed by atoms with E-state index in [1.54, 1.807) is 6.20 Å². The number of fused-ring (bicyclic) bond motifs is 1. The number of halogens is 1. The number of hydrogen-bond acceptors (Lipinski definition) is 3. The van der Waals surface area contributed by atoms with Gasteiger partial charge in [0.05, 0.1) is 11.7 Å². The zero-order chi connectivity index (χ0) is 22.8. The van der Waals surface area contributed by atoms with Gasteiger partial charge in [-0.2, -0.15) is 5.10 Å². The van der Waals surface area contributed by atoms with Crippen LogP contribution in [0, 0.1) is 0 Å². The lowest BCUT2D eigenvalue weighted by Crippen LogP contribution is -2.31. The highest BCUT2D eigenvalue weighted by molar-refractivity contribution is 9.10. The number of imidazole rings is 1. The molecule has 168 valence electrons. The van der Waals surface area contributed by atoms with Gasteiger partial charge in [0.25, 0.3) is 5.91 Å². The zero-order valence-electron chi connectivity index (χ0n) is 18.5. The quantitative estimate of drug-likeness (QED) is 0.339. The number of amides is 1. The van der Waals surface area contributed by atoms with Crippen LogP contribution < -0.4 is 0 Å². The molecule has 7 heteroatoms. The van der Waals surface area contributed by atoms with Crippen molar-refractivity contribution in [2.75, 3.05) is 6.54 Å². The minimum atomic E-state index is -0.169. The second-order valence-electron chi connectivity index (χ2n) is 8.29. The molecule has 5 rings (SSSR count). The third kappa shape index (κ3) is 4.13. The Morgan fingerprint density at radius 2 is 1.85 bits per heavy atom. The molecule has 1 unspecified atom stereocenters. The summed E-state index contributed by atoms with van der Waals surface area (Å²) in [4.78, 5) is 23.3. The maximum absolute atomic E-state index is 13.8. The van der Waals surface area contributed by atoms with Gasteiger partial charge in [-0.15, -0.1) is 0 Å². The van der Waals surface area contributed by atoms with Crippen LogP contribution in [0.3, 0.4) is 0 Å². The number of H-pyrrole nitrogens is 1. The van der Waals surface area contributed by atoms with Gasteiger partial charge in [0.1, 0.15) is 11.5 Å². The molecule has 0 spiro atoms. The number of benzene rings is 2. The van der Waals surface area contributed by atoms with Crippen LogP contribution in [0.15, 0.2) is 71.5 Å². The van der Waals surface area contributed by atoms with Gasteiger partial charge in [-0.3, -0.25) is 9.48 Å². The fourth-order valence-corrected chi connectivity index (χ4v) is 4.89. The molecule has 33 heavy (non-hydrogen) atoms. The van der Waals surface area contributed by atoms with Crippen molar-refractivity contribution in [1.82, 2.24) is 24.6 Å². The van der Waals surface area contributed by atoms with E-state index in [1.807, 2.05) is 46.1 Å². The van der Waals surface area contributed by atoms with Crippen molar-refractivity contribution in [2.45, 2.75) is 38.8 Å². The van der Waals surface area contributed by atoms with Gasteiger partial charge in [0.15, 0.2) is 0 Å². The van der Waals surface area contributed by atoms with Gasteiger partial charge in [-0.05, 0) is 30.5 Å². The number of aromatic nitrogens is 4. The molecule has 2 aromatic heterocycles. The highest BCUT2D eigenvalue weighted by Gasteiger charge is 2.43. The molecule has 0 radical (unpaired) electrons. The molecule has 0 bridgehead atoms. The fourth-order valence-electron chi connectivity index (χ4n) is 4.63. The molecule has 2 aromatic carbocycles. The van der Waals surface area contributed by atoms with Crippen LogP contribution in [0.5, 0.6) is 0 Å². The third-order valence-electron chi connectivity index (χ3n) is 6.07. The minimum Gasteiger partial charge on any atom is -0.349 e. The first-order valence-electron chi connectivity index (χ1n) is 11.4. The Balaban J connectivity index is 1.59. The molecule has 0 fully saturated rings. The number of nitrogens with zero attached hydrogens (tertiary/aromatic N) is 4. The molecule has 1 aliphatic heterocycles. The van der Waals surface area contributed by atoms with E-state index in [9.17, 15) is 4.79 Å². The standard InChI is InChI=1S/C26H26BrN5O/c1-2-16-32-25-22(23(30-32)18-7-4-3-5-8-18)24(19-10-12-20(27)13-11-19)31(26(25)33)17-6-9-21-28-14-15-29-21/h3-5,7-8,10-15,24H,2,6,9,16-17H2,1H3,(H,28,29). The van der Waals surface area contributed by atoms with E-state index < -0.39 is 0 Å². The zero-order valence-corrected chi connectivity index (χ0v) is 20.1. The van der Waals surface area contributed by atoms with Gasteiger partial charge >= 0.3 is 0 Å². The van der Waals surface area contributed by atoms with Crippen LogP contribution in [0.4, 0.5) is 0 Å². The topological polar surface area (TPSA) is 66.8 Å². The average molecular weight is 504 g/mol. The summed E-state index contributed by atoms with van der Waals surface area (Å²) in [5.41, 5.74) is 4.77. The molecule has 3 heterocycles. The third-order valence-corrected chi connectivity index (χ3v) is 6.60. The maximum Gasteiger partial charge on any atom is 0.273 e. The lowest BCUT2D eigenvalue weighted by Gasteiger charge is -2.26.